The lowest BCUT2D eigenvalue weighted by molar-refractivity contribution is -0.384. The van der Waals surface area contributed by atoms with E-state index in [2.05, 4.69) is 9.71 Å². The average Bonchev–Trinajstić information content (AvgIpc) is 2.43. The van der Waals surface area contributed by atoms with Crippen molar-refractivity contribution in [2.75, 3.05) is 4.72 Å². The number of pyridine rings is 1. The molecule has 2 rings (SSSR count). The van der Waals surface area contributed by atoms with Crippen molar-refractivity contribution < 1.29 is 13.3 Å². The molecule has 0 fully saturated rings. The molecule has 0 saturated heterocycles. The highest BCUT2D eigenvalue weighted by molar-refractivity contribution is 7.92. The van der Waals surface area contributed by atoms with Crippen LogP contribution >= 0.6 is 11.6 Å². The quantitative estimate of drug-likeness (QED) is 0.687. The van der Waals surface area contributed by atoms with Crippen LogP contribution in [0.2, 0.25) is 5.02 Å². The van der Waals surface area contributed by atoms with E-state index in [0.717, 1.165) is 24.3 Å². The van der Waals surface area contributed by atoms with E-state index in [1.54, 1.807) is 6.92 Å². The summed E-state index contributed by atoms with van der Waals surface area (Å²) >= 11 is 5.78. The molecule has 1 heterocycles. The van der Waals surface area contributed by atoms with Gasteiger partial charge in [-0.2, -0.15) is 0 Å². The maximum absolute atomic E-state index is 12.2. The second-order valence-electron chi connectivity index (χ2n) is 4.14. The van der Waals surface area contributed by atoms with Crippen LogP contribution in [-0.2, 0) is 10.0 Å². The molecule has 7 nitrogen and oxygen atoms in total. The number of benzene rings is 1. The minimum atomic E-state index is -3.87. The molecule has 9 heteroatoms. The Hall–Kier alpha value is -2.19. The van der Waals surface area contributed by atoms with Crippen LogP contribution in [0.5, 0.6) is 0 Å². The first-order chi connectivity index (χ1) is 9.79. The molecule has 1 aromatic carbocycles. The van der Waals surface area contributed by atoms with E-state index in [1.165, 1.54) is 12.3 Å². The zero-order chi connectivity index (χ0) is 15.6. The lowest BCUT2D eigenvalue weighted by atomic mass is 10.3. The van der Waals surface area contributed by atoms with Crippen molar-refractivity contribution in [3.63, 3.8) is 0 Å². The fourth-order valence-electron chi connectivity index (χ4n) is 1.56. The van der Waals surface area contributed by atoms with Crippen LogP contribution in [0.1, 0.15) is 5.69 Å². The number of hydrogen-bond donors (Lipinski definition) is 1. The highest BCUT2D eigenvalue weighted by Gasteiger charge is 2.17. The maximum Gasteiger partial charge on any atom is 0.269 e. The molecular weight excluding hydrogens is 318 g/mol. The highest BCUT2D eigenvalue weighted by atomic mass is 35.5. The largest absolute Gasteiger partial charge is 0.278 e. The Labute approximate surface area is 125 Å². The molecule has 0 radical (unpaired) electrons. The molecule has 0 aliphatic heterocycles. The van der Waals surface area contributed by atoms with E-state index >= 15 is 0 Å². The molecule has 0 unspecified atom stereocenters. The molecule has 21 heavy (non-hydrogen) atoms. The SMILES string of the molecule is Cc1ncc(Cl)cc1NS(=O)(=O)c1ccc([N+](=O)[O-])cc1. The summed E-state index contributed by atoms with van der Waals surface area (Å²) in [5.74, 6) is 0. The Morgan fingerprint density at radius 2 is 1.90 bits per heavy atom. The van der Waals surface area contributed by atoms with E-state index in [1.807, 2.05) is 0 Å². The Morgan fingerprint density at radius 3 is 2.48 bits per heavy atom. The van der Waals surface area contributed by atoms with Crippen molar-refractivity contribution in [2.24, 2.45) is 0 Å². The van der Waals surface area contributed by atoms with Crippen LogP contribution in [0, 0.1) is 17.0 Å². The number of hydrogen-bond acceptors (Lipinski definition) is 5. The third kappa shape index (κ3) is 3.47. The summed E-state index contributed by atoms with van der Waals surface area (Å²) < 4.78 is 26.7. The zero-order valence-electron chi connectivity index (χ0n) is 10.8. The van der Waals surface area contributed by atoms with Crippen molar-refractivity contribution in [1.29, 1.82) is 0 Å². The van der Waals surface area contributed by atoms with Gasteiger partial charge in [-0.15, -0.1) is 0 Å². The molecule has 0 atom stereocenters. The first-order valence-corrected chi connectivity index (χ1v) is 7.55. The Morgan fingerprint density at radius 1 is 1.29 bits per heavy atom. The predicted molar refractivity (Wildman–Crippen MR) is 77.9 cm³/mol. The smallest absolute Gasteiger partial charge is 0.269 e. The van der Waals surface area contributed by atoms with Gasteiger partial charge in [0.05, 0.1) is 26.2 Å². The molecule has 0 aliphatic rings. The summed E-state index contributed by atoms with van der Waals surface area (Å²) in [6.45, 7) is 1.63. The van der Waals surface area contributed by atoms with Crippen LogP contribution in [-0.4, -0.2) is 18.3 Å². The molecule has 0 amide bonds. The van der Waals surface area contributed by atoms with E-state index < -0.39 is 14.9 Å². The molecule has 2 aromatic rings. The van der Waals surface area contributed by atoms with Crippen LogP contribution in [0.15, 0.2) is 41.4 Å². The molecule has 0 bridgehead atoms. The first kappa shape index (κ1) is 15.2. The average molecular weight is 328 g/mol. The highest BCUT2D eigenvalue weighted by Crippen LogP contribution is 2.22. The van der Waals surface area contributed by atoms with Crippen LogP contribution < -0.4 is 4.72 Å². The minimum Gasteiger partial charge on any atom is -0.278 e. The van der Waals surface area contributed by atoms with Gasteiger partial charge in [0, 0.05) is 18.3 Å². The fourth-order valence-corrected chi connectivity index (χ4v) is 2.83. The Kier molecular flexibility index (Phi) is 4.10. The van der Waals surface area contributed by atoms with Gasteiger partial charge in [-0.3, -0.25) is 19.8 Å². The van der Waals surface area contributed by atoms with Gasteiger partial charge >= 0.3 is 0 Å². The molecular formula is C12H10ClN3O4S. The number of aromatic nitrogens is 1. The summed E-state index contributed by atoms with van der Waals surface area (Å²) in [5.41, 5.74) is 0.528. The monoisotopic (exact) mass is 327 g/mol. The Bertz CT molecular complexity index is 791. The van der Waals surface area contributed by atoms with E-state index in [0.29, 0.717) is 10.7 Å². The second-order valence-corrected chi connectivity index (χ2v) is 6.26. The molecule has 1 aromatic heterocycles. The van der Waals surface area contributed by atoms with Crippen molar-refractivity contribution >= 4 is 33.0 Å². The van der Waals surface area contributed by atoms with Gasteiger partial charge < -0.3 is 0 Å². The van der Waals surface area contributed by atoms with Crippen molar-refractivity contribution in [1.82, 2.24) is 4.98 Å². The predicted octanol–water partition coefficient (Wildman–Crippen LogP) is 2.75. The minimum absolute atomic E-state index is 0.0903. The molecule has 110 valence electrons. The lowest BCUT2D eigenvalue weighted by Gasteiger charge is -2.10. The summed E-state index contributed by atoms with van der Waals surface area (Å²) in [5, 5.41) is 10.8. The summed E-state index contributed by atoms with van der Waals surface area (Å²) in [6, 6.07) is 6.00. The number of sulfonamides is 1. The number of halogens is 1. The Balaban J connectivity index is 2.34. The topological polar surface area (TPSA) is 102 Å². The van der Waals surface area contributed by atoms with Gasteiger partial charge in [-0.05, 0) is 25.1 Å². The van der Waals surface area contributed by atoms with Crippen molar-refractivity contribution in [3.8, 4) is 0 Å². The number of non-ortho nitro benzene ring substituents is 1. The second kappa shape index (κ2) is 5.66. The third-order valence-electron chi connectivity index (χ3n) is 2.66. The normalized spacial score (nSPS) is 11.1. The van der Waals surface area contributed by atoms with Gasteiger partial charge in [-0.1, -0.05) is 11.6 Å². The molecule has 1 N–H and O–H groups in total. The first-order valence-electron chi connectivity index (χ1n) is 5.69. The number of nitro groups is 1. The molecule has 0 aliphatic carbocycles. The number of anilines is 1. The standard InChI is InChI=1S/C12H10ClN3O4S/c1-8-12(6-9(13)7-14-8)15-21(19,20)11-4-2-10(3-5-11)16(17)18/h2-7,15H,1H3. The van der Waals surface area contributed by atoms with Gasteiger partial charge in [0.2, 0.25) is 0 Å². The number of nitrogens with one attached hydrogen (secondary N) is 1. The van der Waals surface area contributed by atoms with E-state index in [4.69, 9.17) is 11.6 Å². The van der Waals surface area contributed by atoms with Gasteiger partial charge in [0.15, 0.2) is 0 Å². The molecule has 0 saturated carbocycles. The van der Waals surface area contributed by atoms with Crippen LogP contribution in [0.3, 0.4) is 0 Å². The summed E-state index contributed by atoms with van der Waals surface area (Å²) in [7, 11) is -3.87. The van der Waals surface area contributed by atoms with Crippen LogP contribution in [0.4, 0.5) is 11.4 Å². The van der Waals surface area contributed by atoms with Crippen LogP contribution in [0.25, 0.3) is 0 Å². The third-order valence-corrected chi connectivity index (χ3v) is 4.24. The van der Waals surface area contributed by atoms with E-state index in [-0.39, 0.29) is 16.3 Å². The number of rotatable bonds is 4. The van der Waals surface area contributed by atoms with Crippen molar-refractivity contribution in [2.45, 2.75) is 11.8 Å². The number of nitro benzene ring substituents is 1. The number of nitrogens with zero attached hydrogens (tertiary/aromatic N) is 2. The number of aryl methyl sites for hydroxylation is 1. The summed E-state index contributed by atoms with van der Waals surface area (Å²) in [6.07, 6.45) is 1.40. The van der Waals surface area contributed by atoms with E-state index in [9.17, 15) is 18.5 Å². The van der Waals surface area contributed by atoms with Crippen molar-refractivity contribution in [3.05, 3.63) is 57.4 Å². The lowest BCUT2D eigenvalue weighted by Crippen LogP contribution is -2.14. The van der Waals surface area contributed by atoms with Gasteiger partial charge in [0.1, 0.15) is 0 Å². The molecule has 0 spiro atoms. The zero-order valence-corrected chi connectivity index (χ0v) is 12.4. The maximum atomic E-state index is 12.2. The van der Waals surface area contributed by atoms with Gasteiger partial charge in [0.25, 0.3) is 15.7 Å². The fraction of sp³-hybridized carbons (Fsp3) is 0.0833. The van der Waals surface area contributed by atoms with Gasteiger partial charge in [-0.25, -0.2) is 8.42 Å². The summed E-state index contributed by atoms with van der Waals surface area (Å²) in [4.78, 5) is 13.8.